The molecule has 0 saturated carbocycles. The van der Waals surface area contributed by atoms with Crippen molar-refractivity contribution in [3.05, 3.63) is 42.1 Å². The molecule has 1 aromatic heterocycles. The topological polar surface area (TPSA) is 196 Å². The smallest absolute Gasteiger partial charge is 0.449 e. The lowest BCUT2D eigenvalue weighted by Crippen LogP contribution is -2.56. The summed E-state index contributed by atoms with van der Waals surface area (Å²) in [6, 6.07) is 9.19. The first-order valence-electron chi connectivity index (χ1n) is 18.6. The number of nitrogens with one attached hydrogen (secondary N) is 1. The van der Waals surface area contributed by atoms with E-state index in [0.29, 0.717) is 24.5 Å². The molecule has 2 aromatic rings. The van der Waals surface area contributed by atoms with Gasteiger partial charge in [-0.1, -0.05) is 75.9 Å². The molecular weight excluding hydrogens is 735 g/mol. The average molecular weight is 788 g/mol. The minimum atomic E-state index is -2.91. The van der Waals surface area contributed by atoms with E-state index in [1.54, 1.807) is 34.8 Å². The molecule has 0 spiro atoms. The number of ether oxygens (including phenoxy) is 4. The Bertz CT molecular complexity index is 1630. The maximum Gasteiger partial charge on any atom is 0.518 e. The minimum Gasteiger partial charge on any atom is -0.449 e. The highest BCUT2D eigenvalue weighted by Gasteiger charge is 2.40. The molecule has 3 atom stereocenters. The first-order chi connectivity index (χ1) is 26.3. The van der Waals surface area contributed by atoms with Gasteiger partial charge in [-0.2, -0.15) is 0 Å². The number of hydrogen-bond donors (Lipinski definition) is 1. The van der Waals surface area contributed by atoms with Crippen molar-refractivity contribution in [2.45, 2.75) is 72.5 Å². The third-order valence-electron chi connectivity index (χ3n) is 8.86. The molecule has 4 rings (SSSR count). The van der Waals surface area contributed by atoms with E-state index >= 15 is 0 Å². The highest BCUT2D eigenvalue weighted by Crippen LogP contribution is 2.29. The van der Waals surface area contributed by atoms with E-state index in [1.165, 1.54) is 15.9 Å². The number of benzene rings is 1. The van der Waals surface area contributed by atoms with Crippen molar-refractivity contribution in [3.8, 4) is 11.4 Å². The molecule has 0 aliphatic carbocycles. The summed E-state index contributed by atoms with van der Waals surface area (Å²) in [6.07, 6.45) is 1.27. The van der Waals surface area contributed by atoms with Crippen molar-refractivity contribution in [2.75, 3.05) is 64.0 Å². The van der Waals surface area contributed by atoms with Crippen LogP contribution in [-0.2, 0) is 42.4 Å². The summed E-state index contributed by atoms with van der Waals surface area (Å²) in [5.41, 5.74) is 0.613. The minimum absolute atomic E-state index is 0.0205. The van der Waals surface area contributed by atoms with Crippen LogP contribution in [-0.4, -0.2) is 127 Å². The molecule has 3 heterocycles. The number of methoxy groups -OCH3 is 1. The van der Waals surface area contributed by atoms with Crippen LogP contribution in [0.1, 0.15) is 64.4 Å². The van der Waals surface area contributed by atoms with E-state index in [4.69, 9.17) is 28.5 Å². The zero-order valence-corrected chi connectivity index (χ0v) is 33.2. The van der Waals surface area contributed by atoms with Crippen molar-refractivity contribution < 1.29 is 52.0 Å². The molecule has 3 unspecified atom stereocenters. The molecule has 300 valence electrons. The first kappa shape index (κ1) is 43.0. The molecule has 0 bridgehead atoms. The predicted molar refractivity (Wildman–Crippen MR) is 200 cm³/mol. The van der Waals surface area contributed by atoms with Gasteiger partial charge in [-0.25, -0.2) is 14.8 Å². The largest absolute Gasteiger partial charge is 0.518 e. The predicted octanol–water partition coefficient (Wildman–Crippen LogP) is 3.99. The van der Waals surface area contributed by atoms with Crippen LogP contribution in [0.25, 0.3) is 11.4 Å². The van der Waals surface area contributed by atoms with Gasteiger partial charge in [0.05, 0.1) is 24.5 Å². The number of aromatic nitrogens is 2. The molecule has 2 fully saturated rings. The molecule has 3 amide bonds. The van der Waals surface area contributed by atoms with Crippen LogP contribution in [0.2, 0.25) is 0 Å². The van der Waals surface area contributed by atoms with Gasteiger partial charge >= 0.3 is 32.5 Å². The second kappa shape index (κ2) is 20.8. The van der Waals surface area contributed by atoms with Gasteiger partial charge in [-0.05, 0) is 17.4 Å². The van der Waals surface area contributed by atoms with Gasteiger partial charge in [-0.3, -0.25) is 19.2 Å². The van der Waals surface area contributed by atoms with Gasteiger partial charge in [0.25, 0.3) is 5.91 Å². The van der Waals surface area contributed by atoms with Gasteiger partial charge in [-0.15, -0.1) is 0 Å². The fourth-order valence-corrected chi connectivity index (χ4v) is 6.43. The summed E-state index contributed by atoms with van der Waals surface area (Å²) in [5.74, 6) is -3.40. The van der Waals surface area contributed by atoms with E-state index < -0.39 is 68.4 Å². The Labute approximate surface area is 322 Å². The number of rotatable bonds is 17. The molecule has 0 radical (unpaired) electrons. The van der Waals surface area contributed by atoms with E-state index in [1.807, 2.05) is 42.2 Å². The Morgan fingerprint density at radius 2 is 1.55 bits per heavy atom. The summed E-state index contributed by atoms with van der Waals surface area (Å²) in [5, 5.41) is 2.69. The molecule has 1 N–H and O–H groups in total. The van der Waals surface area contributed by atoms with Gasteiger partial charge in [0, 0.05) is 58.0 Å². The summed E-state index contributed by atoms with van der Waals surface area (Å²) < 4.78 is 40.2. The van der Waals surface area contributed by atoms with Crippen LogP contribution in [0.3, 0.4) is 0 Å². The quantitative estimate of drug-likeness (QED) is 0.105. The van der Waals surface area contributed by atoms with Crippen molar-refractivity contribution in [1.82, 2.24) is 25.1 Å². The van der Waals surface area contributed by atoms with Crippen molar-refractivity contribution in [1.29, 1.82) is 0 Å². The normalized spacial score (nSPS) is 16.6. The maximum absolute atomic E-state index is 14.1. The Kier molecular flexibility index (Phi) is 16.3. The zero-order chi connectivity index (χ0) is 40.1. The lowest BCUT2D eigenvalue weighted by atomic mass is 10.2. The molecular formula is C37H52N6O11P+. The monoisotopic (exact) mass is 787 g/mol. The zero-order valence-electron chi connectivity index (χ0n) is 32.3. The average Bonchev–Trinajstić information content (AvgIpc) is 3.67. The molecule has 1 aromatic carbocycles. The Balaban J connectivity index is 1.60. The van der Waals surface area contributed by atoms with Crippen LogP contribution >= 0.6 is 8.03 Å². The third-order valence-corrected chi connectivity index (χ3v) is 9.93. The summed E-state index contributed by atoms with van der Waals surface area (Å²) in [6.45, 7) is 8.27. The van der Waals surface area contributed by atoms with Gasteiger partial charge in [0.2, 0.25) is 12.1 Å². The summed E-state index contributed by atoms with van der Waals surface area (Å²) in [4.78, 5) is 79.7. The molecule has 17 nitrogen and oxygen atoms in total. The lowest BCUT2D eigenvalue weighted by molar-refractivity contribution is -0.238. The Morgan fingerprint density at radius 1 is 0.909 bits per heavy atom. The standard InChI is InChI=1S/C37H51N6O11P/c1-7-8-20-51-36(48)42-18-16-41(17-19-42)33(45)29(23-55(49)54-37(52-34(46)24(2)3)53-35(47)25(4)5)39-32(44)28-21-30(43-15-14-27(22-43)50-6)40-31(38-28)26-12-10-9-11-13-26/h9-13,21,24-25,27,29,37H,7-8,14-20,22-23H2,1-6H3/p+1. The van der Waals surface area contributed by atoms with Gasteiger partial charge in [0.1, 0.15) is 11.5 Å². The number of anilines is 1. The van der Waals surface area contributed by atoms with E-state index in [-0.39, 0.29) is 50.4 Å². The summed E-state index contributed by atoms with van der Waals surface area (Å²) in [7, 11) is -1.27. The van der Waals surface area contributed by atoms with Crippen LogP contribution in [0, 0.1) is 11.8 Å². The fourth-order valence-electron chi connectivity index (χ4n) is 5.52. The van der Waals surface area contributed by atoms with E-state index in [0.717, 1.165) is 19.3 Å². The van der Waals surface area contributed by atoms with E-state index in [9.17, 15) is 28.5 Å². The fraction of sp³-hybridized carbons (Fsp3) is 0.595. The Hall–Kier alpha value is -4.73. The highest BCUT2D eigenvalue weighted by atomic mass is 31.1. The second-order valence-corrected chi connectivity index (χ2v) is 15.0. The number of amides is 3. The lowest BCUT2D eigenvalue weighted by Gasteiger charge is -2.35. The molecule has 18 heteroatoms. The number of hydrogen-bond acceptors (Lipinski definition) is 14. The van der Waals surface area contributed by atoms with Crippen molar-refractivity contribution >= 4 is 43.7 Å². The van der Waals surface area contributed by atoms with Crippen LogP contribution in [0.15, 0.2) is 36.4 Å². The van der Waals surface area contributed by atoms with Crippen LogP contribution in [0.5, 0.6) is 0 Å². The summed E-state index contributed by atoms with van der Waals surface area (Å²) >= 11 is 0. The van der Waals surface area contributed by atoms with E-state index in [2.05, 4.69) is 10.3 Å². The second-order valence-electron chi connectivity index (χ2n) is 13.8. The number of esters is 2. The number of nitrogens with zero attached hydrogens (tertiary/aromatic N) is 5. The molecule has 2 saturated heterocycles. The number of carbonyl (C=O) groups is 5. The van der Waals surface area contributed by atoms with Gasteiger partial charge < -0.3 is 39.0 Å². The SMILES string of the molecule is CCCCOC(=O)N1CCN(C(=O)C(C[P+](=O)OC(OC(=O)C(C)C)OC(=O)C(C)C)NC(=O)c2cc(N3CCC(OC)C3)nc(-c3ccccc3)n2)CC1. The van der Waals surface area contributed by atoms with Crippen molar-refractivity contribution in [3.63, 3.8) is 0 Å². The first-order valence-corrected chi connectivity index (χ1v) is 19.9. The molecule has 2 aliphatic heterocycles. The number of piperazine rings is 1. The van der Waals surface area contributed by atoms with Crippen LogP contribution < -0.4 is 10.2 Å². The van der Waals surface area contributed by atoms with Gasteiger partial charge in [0.15, 0.2) is 11.9 Å². The maximum atomic E-state index is 14.1. The third kappa shape index (κ3) is 12.7. The highest BCUT2D eigenvalue weighted by molar-refractivity contribution is 7.39. The molecule has 2 aliphatic rings. The van der Waals surface area contributed by atoms with Crippen LogP contribution in [0.4, 0.5) is 10.6 Å². The Morgan fingerprint density at radius 3 is 2.13 bits per heavy atom. The number of unbranched alkanes of at least 4 members (excludes halogenated alkanes) is 1. The number of carbonyl (C=O) groups excluding carboxylic acids is 5. The molecule has 55 heavy (non-hydrogen) atoms. The van der Waals surface area contributed by atoms with Crippen molar-refractivity contribution in [2.24, 2.45) is 11.8 Å².